The number of amides is 4. The number of rotatable bonds is 10. The number of carbonyl (C=O) groups excluding carboxylic acids is 3. The lowest BCUT2D eigenvalue weighted by Gasteiger charge is -2.17. The molecule has 1 aliphatic heterocycles. The van der Waals surface area contributed by atoms with Gasteiger partial charge in [-0.25, -0.2) is 4.79 Å². The topological polar surface area (TPSA) is 81.8 Å². The highest BCUT2D eigenvalue weighted by molar-refractivity contribution is 9.10. The van der Waals surface area contributed by atoms with Gasteiger partial charge in [0.1, 0.15) is 0 Å². The fourth-order valence-electron chi connectivity index (χ4n) is 3.01. The molecule has 1 aromatic rings. The second-order valence-electron chi connectivity index (χ2n) is 6.37. The Labute approximate surface area is 168 Å². The minimum Gasteiger partial charge on any atom is -0.338 e. The summed E-state index contributed by atoms with van der Waals surface area (Å²) in [7, 11) is 0. The molecule has 1 heterocycles. The van der Waals surface area contributed by atoms with Crippen LogP contribution in [0.3, 0.4) is 0 Å². The minimum atomic E-state index is -0.280. The van der Waals surface area contributed by atoms with Crippen LogP contribution in [0.1, 0.15) is 47.4 Å². The molecule has 2 N–H and O–H groups in total. The molecule has 0 saturated carbocycles. The summed E-state index contributed by atoms with van der Waals surface area (Å²) >= 11 is 3.31. The van der Waals surface area contributed by atoms with Crippen molar-refractivity contribution in [2.24, 2.45) is 0 Å². The van der Waals surface area contributed by atoms with Crippen LogP contribution in [0.15, 0.2) is 22.7 Å². The molecule has 27 heavy (non-hydrogen) atoms. The van der Waals surface area contributed by atoms with Crippen LogP contribution >= 0.6 is 15.9 Å². The number of halogens is 1. The fraction of sp³-hybridized carbons (Fsp3) is 0.526. The summed E-state index contributed by atoms with van der Waals surface area (Å²) in [6, 6.07) is 4.85. The number of urea groups is 1. The maximum atomic E-state index is 12.3. The van der Waals surface area contributed by atoms with Gasteiger partial charge in [-0.15, -0.1) is 0 Å². The van der Waals surface area contributed by atoms with E-state index in [1.54, 1.807) is 18.2 Å². The molecule has 0 unspecified atom stereocenters. The Kier molecular flexibility index (Phi) is 8.24. The van der Waals surface area contributed by atoms with Crippen LogP contribution in [0.25, 0.3) is 0 Å². The second kappa shape index (κ2) is 10.4. The molecule has 0 atom stereocenters. The third-order valence-corrected chi connectivity index (χ3v) is 5.10. The van der Waals surface area contributed by atoms with Crippen LogP contribution in [0.2, 0.25) is 0 Å². The Morgan fingerprint density at radius 3 is 2.33 bits per heavy atom. The van der Waals surface area contributed by atoms with E-state index in [0.717, 1.165) is 30.5 Å². The van der Waals surface area contributed by atoms with Gasteiger partial charge in [-0.05, 0) is 50.7 Å². The smallest absolute Gasteiger partial charge is 0.314 e. The summed E-state index contributed by atoms with van der Waals surface area (Å²) < 4.78 is 0.767. The first-order valence-electron chi connectivity index (χ1n) is 9.37. The van der Waals surface area contributed by atoms with Gasteiger partial charge in [0.15, 0.2) is 0 Å². The Hall–Kier alpha value is -1.93. The van der Waals surface area contributed by atoms with E-state index in [1.807, 2.05) is 0 Å². The maximum Gasteiger partial charge on any atom is 0.314 e. The van der Waals surface area contributed by atoms with E-state index in [9.17, 15) is 14.4 Å². The SMILES string of the molecule is CCN(CC)CCCNC(=O)NCCCN1C(=O)c2ccc(Br)cc2C1=O. The highest BCUT2D eigenvalue weighted by Gasteiger charge is 2.34. The standard InChI is InChI=1S/C19H27BrN4O3/c1-3-23(4-2)11-5-9-21-19(27)22-10-6-12-24-17(25)15-8-7-14(20)13-16(15)18(24)26/h7-8,13H,3-6,9-12H2,1-2H3,(H2,21,22,27). The Morgan fingerprint density at radius 1 is 1.04 bits per heavy atom. The van der Waals surface area contributed by atoms with Crippen molar-refractivity contribution < 1.29 is 14.4 Å². The molecule has 1 aliphatic rings. The van der Waals surface area contributed by atoms with Crippen molar-refractivity contribution in [2.75, 3.05) is 39.3 Å². The van der Waals surface area contributed by atoms with Crippen molar-refractivity contribution in [3.63, 3.8) is 0 Å². The summed E-state index contributed by atoms with van der Waals surface area (Å²) in [5.41, 5.74) is 0.857. The first kappa shape index (κ1) is 21.4. The number of hydrogen-bond donors (Lipinski definition) is 2. The number of nitrogens with one attached hydrogen (secondary N) is 2. The third kappa shape index (κ3) is 5.77. The number of nitrogens with zero attached hydrogens (tertiary/aromatic N) is 2. The Balaban J connectivity index is 1.65. The number of hydrogen-bond acceptors (Lipinski definition) is 4. The number of fused-ring (bicyclic) bond motifs is 1. The van der Waals surface area contributed by atoms with Crippen LogP contribution in [-0.2, 0) is 0 Å². The molecular formula is C19H27BrN4O3. The molecule has 0 aliphatic carbocycles. The molecule has 0 radical (unpaired) electrons. The minimum absolute atomic E-state index is 0.221. The van der Waals surface area contributed by atoms with Gasteiger partial charge < -0.3 is 15.5 Å². The zero-order chi connectivity index (χ0) is 19.8. The molecule has 0 fully saturated rings. The van der Waals surface area contributed by atoms with Gasteiger partial charge in [0.25, 0.3) is 11.8 Å². The zero-order valence-electron chi connectivity index (χ0n) is 15.9. The van der Waals surface area contributed by atoms with Crippen LogP contribution < -0.4 is 10.6 Å². The monoisotopic (exact) mass is 438 g/mol. The lowest BCUT2D eigenvalue weighted by molar-refractivity contribution is 0.0653. The van der Waals surface area contributed by atoms with Crippen molar-refractivity contribution in [3.05, 3.63) is 33.8 Å². The van der Waals surface area contributed by atoms with Crippen LogP contribution in [0.4, 0.5) is 4.79 Å². The molecule has 0 saturated heterocycles. The average molecular weight is 439 g/mol. The Bertz CT molecular complexity index is 692. The predicted octanol–water partition coefficient (Wildman–Crippen LogP) is 2.47. The Morgan fingerprint density at radius 2 is 1.67 bits per heavy atom. The summed E-state index contributed by atoms with van der Waals surface area (Å²) in [4.78, 5) is 40.0. The van der Waals surface area contributed by atoms with Gasteiger partial charge in [-0.3, -0.25) is 14.5 Å². The van der Waals surface area contributed by atoms with Gasteiger partial charge >= 0.3 is 6.03 Å². The molecular weight excluding hydrogens is 412 g/mol. The quantitative estimate of drug-likeness (QED) is 0.434. The summed E-state index contributed by atoms with van der Waals surface area (Å²) in [5.74, 6) is -0.555. The van der Waals surface area contributed by atoms with E-state index in [4.69, 9.17) is 0 Å². The summed E-state index contributed by atoms with van der Waals surface area (Å²) in [5, 5.41) is 5.59. The van der Waals surface area contributed by atoms with E-state index in [2.05, 4.69) is 45.3 Å². The third-order valence-electron chi connectivity index (χ3n) is 4.61. The van der Waals surface area contributed by atoms with Gasteiger partial charge in [0.05, 0.1) is 11.1 Å². The van der Waals surface area contributed by atoms with E-state index < -0.39 is 0 Å². The first-order valence-corrected chi connectivity index (χ1v) is 10.2. The fourth-order valence-corrected chi connectivity index (χ4v) is 3.37. The molecule has 0 bridgehead atoms. The summed E-state index contributed by atoms with van der Waals surface area (Å²) in [6.07, 6.45) is 1.42. The van der Waals surface area contributed by atoms with Crippen molar-refractivity contribution in [1.29, 1.82) is 0 Å². The van der Waals surface area contributed by atoms with E-state index in [0.29, 0.717) is 30.6 Å². The number of benzene rings is 1. The largest absolute Gasteiger partial charge is 0.338 e. The maximum absolute atomic E-state index is 12.3. The van der Waals surface area contributed by atoms with Crippen LogP contribution in [-0.4, -0.2) is 66.9 Å². The number of imide groups is 1. The van der Waals surface area contributed by atoms with Gasteiger partial charge in [0, 0.05) is 24.1 Å². The van der Waals surface area contributed by atoms with E-state index in [-0.39, 0.29) is 24.4 Å². The van der Waals surface area contributed by atoms with E-state index >= 15 is 0 Å². The molecule has 2 rings (SSSR count). The zero-order valence-corrected chi connectivity index (χ0v) is 17.5. The molecule has 1 aromatic carbocycles. The summed E-state index contributed by atoms with van der Waals surface area (Å²) in [6.45, 7) is 8.53. The molecule has 148 valence electrons. The molecule has 8 heteroatoms. The predicted molar refractivity (Wildman–Crippen MR) is 108 cm³/mol. The van der Waals surface area contributed by atoms with Crippen molar-refractivity contribution in [3.8, 4) is 0 Å². The molecule has 0 aromatic heterocycles. The van der Waals surface area contributed by atoms with Crippen molar-refractivity contribution in [1.82, 2.24) is 20.4 Å². The van der Waals surface area contributed by atoms with Gasteiger partial charge in [-0.2, -0.15) is 0 Å². The highest BCUT2D eigenvalue weighted by Crippen LogP contribution is 2.25. The van der Waals surface area contributed by atoms with Crippen molar-refractivity contribution >= 4 is 33.8 Å². The molecule has 7 nitrogen and oxygen atoms in total. The first-order chi connectivity index (χ1) is 13.0. The average Bonchev–Trinajstić information content (AvgIpc) is 2.89. The lowest BCUT2D eigenvalue weighted by atomic mass is 10.1. The normalized spacial score (nSPS) is 13.3. The van der Waals surface area contributed by atoms with Gasteiger partial charge in [0.2, 0.25) is 0 Å². The van der Waals surface area contributed by atoms with Crippen molar-refractivity contribution in [2.45, 2.75) is 26.7 Å². The lowest BCUT2D eigenvalue weighted by Crippen LogP contribution is -2.39. The molecule has 0 spiro atoms. The van der Waals surface area contributed by atoms with E-state index in [1.165, 1.54) is 4.90 Å². The number of carbonyl (C=O) groups is 3. The van der Waals surface area contributed by atoms with Gasteiger partial charge in [-0.1, -0.05) is 29.8 Å². The highest BCUT2D eigenvalue weighted by atomic mass is 79.9. The second-order valence-corrected chi connectivity index (χ2v) is 7.28. The van der Waals surface area contributed by atoms with Crippen LogP contribution in [0, 0.1) is 0 Å². The van der Waals surface area contributed by atoms with Crippen LogP contribution in [0.5, 0.6) is 0 Å². The molecule has 4 amide bonds.